The quantitative estimate of drug-likeness (QED) is 0.867. The molecule has 1 aliphatic rings. The fraction of sp³-hybridized carbons (Fsp3) is 0.500. The van der Waals surface area contributed by atoms with Crippen molar-refractivity contribution in [1.82, 2.24) is 9.88 Å². The van der Waals surface area contributed by atoms with Crippen molar-refractivity contribution >= 4 is 17.7 Å². The summed E-state index contributed by atoms with van der Waals surface area (Å²) in [5.74, 6) is -1.13. The van der Waals surface area contributed by atoms with Gasteiger partial charge in [-0.2, -0.15) is 0 Å². The molecule has 6 nitrogen and oxygen atoms in total. The van der Waals surface area contributed by atoms with Crippen LogP contribution in [-0.4, -0.2) is 39.6 Å². The molecule has 1 saturated heterocycles. The van der Waals surface area contributed by atoms with Gasteiger partial charge in [-0.1, -0.05) is 0 Å². The summed E-state index contributed by atoms with van der Waals surface area (Å²) < 4.78 is 0. The Balaban J connectivity index is 1.98. The van der Waals surface area contributed by atoms with Gasteiger partial charge in [-0.3, -0.25) is 9.78 Å². The number of pyridine rings is 1. The average molecular weight is 277 g/mol. The Morgan fingerprint density at radius 3 is 2.80 bits per heavy atom. The molecule has 1 fully saturated rings. The number of amides is 2. The van der Waals surface area contributed by atoms with Crippen LogP contribution in [0.3, 0.4) is 0 Å². The maximum absolute atomic E-state index is 12.2. The Labute approximate surface area is 117 Å². The first-order chi connectivity index (χ1) is 9.47. The molecule has 0 saturated carbocycles. The molecule has 0 aromatic carbocycles. The van der Waals surface area contributed by atoms with E-state index in [1.807, 2.05) is 19.9 Å². The molecule has 2 amide bonds. The largest absolute Gasteiger partial charge is 0.481 e. The summed E-state index contributed by atoms with van der Waals surface area (Å²) in [6.07, 6.45) is 4.31. The number of aliphatic carboxylic acids is 1. The number of aryl methyl sites for hydroxylation is 1. The van der Waals surface area contributed by atoms with Gasteiger partial charge in [-0.05, 0) is 38.3 Å². The van der Waals surface area contributed by atoms with Crippen molar-refractivity contribution in [2.75, 3.05) is 11.9 Å². The number of aromatic nitrogens is 1. The lowest BCUT2D eigenvalue weighted by molar-refractivity contribution is -0.143. The van der Waals surface area contributed by atoms with E-state index in [2.05, 4.69) is 10.3 Å². The van der Waals surface area contributed by atoms with Crippen LogP contribution in [0.15, 0.2) is 18.5 Å². The van der Waals surface area contributed by atoms with Crippen molar-refractivity contribution in [3.8, 4) is 0 Å². The smallest absolute Gasteiger partial charge is 0.322 e. The Bertz CT molecular complexity index is 518. The second-order valence-electron chi connectivity index (χ2n) is 5.28. The van der Waals surface area contributed by atoms with Crippen LogP contribution in [0, 0.1) is 12.8 Å². The number of piperidine rings is 1. The topological polar surface area (TPSA) is 82.5 Å². The van der Waals surface area contributed by atoms with Crippen molar-refractivity contribution in [2.45, 2.75) is 32.7 Å². The number of carbonyl (C=O) groups excluding carboxylic acids is 1. The van der Waals surface area contributed by atoms with Crippen molar-refractivity contribution in [3.05, 3.63) is 24.0 Å². The van der Waals surface area contributed by atoms with E-state index < -0.39 is 5.97 Å². The van der Waals surface area contributed by atoms with E-state index in [1.165, 1.54) is 0 Å². The number of rotatable bonds is 2. The maximum Gasteiger partial charge on any atom is 0.322 e. The van der Waals surface area contributed by atoms with E-state index in [0.717, 1.165) is 5.56 Å². The van der Waals surface area contributed by atoms with Crippen LogP contribution < -0.4 is 5.32 Å². The highest BCUT2D eigenvalue weighted by Crippen LogP contribution is 2.23. The fourth-order valence-corrected chi connectivity index (χ4v) is 2.52. The first-order valence-electron chi connectivity index (χ1n) is 6.69. The third-order valence-corrected chi connectivity index (χ3v) is 3.61. The zero-order valence-corrected chi connectivity index (χ0v) is 11.7. The van der Waals surface area contributed by atoms with Gasteiger partial charge in [0.1, 0.15) is 0 Å². The number of urea groups is 1. The summed E-state index contributed by atoms with van der Waals surface area (Å²) in [5, 5.41) is 11.8. The SMILES string of the molecule is Cc1cncc(NC(=O)N2CCC(C(=O)O)CC2C)c1. The number of nitrogens with one attached hydrogen (secondary N) is 1. The van der Waals surface area contributed by atoms with E-state index in [-0.39, 0.29) is 18.0 Å². The lowest BCUT2D eigenvalue weighted by atomic mass is 9.92. The molecule has 0 radical (unpaired) electrons. The molecule has 2 rings (SSSR count). The summed E-state index contributed by atoms with van der Waals surface area (Å²) in [7, 11) is 0. The fourth-order valence-electron chi connectivity index (χ4n) is 2.52. The minimum atomic E-state index is -0.778. The lowest BCUT2D eigenvalue weighted by Crippen LogP contribution is -2.47. The van der Waals surface area contributed by atoms with E-state index in [0.29, 0.717) is 25.1 Å². The molecule has 20 heavy (non-hydrogen) atoms. The third kappa shape index (κ3) is 3.26. The highest BCUT2D eigenvalue weighted by atomic mass is 16.4. The van der Waals surface area contributed by atoms with Gasteiger partial charge < -0.3 is 15.3 Å². The Kier molecular flexibility index (Phi) is 4.22. The second kappa shape index (κ2) is 5.90. The van der Waals surface area contributed by atoms with Gasteiger partial charge in [0.25, 0.3) is 0 Å². The molecule has 2 atom stereocenters. The summed E-state index contributed by atoms with van der Waals surface area (Å²) in [4.78, 5) is 28.9. The predicted molar refractivity (Wildman–Crippen MR) is 74.5 cm³/mol. The van der Waals surface area contributed by atoms with Crippen LogP contribution in [0.25, 0.3) is 0 Å². The van der Waals surface area contributed by atoms with Crippen LogP contribution in [0.4, 0.5) is 10.5 Å². The molecule has 0 spiro atoms. The molecule has 2 N–H and O–H groups in total. The first-order valence-corrected chi connectivity index (χ1v) is 6.69. The number of likely N-dealkylation sites (tertiary alicyclic amines) is 1. The number of carbonyl (C=O) groups is 2. The van der Waals surface area contributed by atoms with Crippen molar-refractivity contribution < 1.29 is 14.7 Å². The second-order valence-corrected chi connectivity index (χ2v) is 5.28. The van der Waals surface area contributed by atoms with Crippen LogP contribution in [0.5, 0.6) is 0 Å². The maximum atomic E-state index is 12.2. The highest BCUT2D eigenvalue weighted by Gasteiger charge is 2.32. The van der Waals surface area contributed by atoms with Gasteiger partial charge >= 0.3 is 12.0 Å². The van der Waals surface area contributed by atoms with Gasteiger partial charge in [0.15, 0.2) is 0 Å². The van der Waals surface area contributed by atoms with E-state index in [4.69, 9.17) is 5.11 Å². The van der Waals surface area contributed by atoms with E-state index in [9.17, 15) is 9.59 Å². The van der Waals surface area contributed by atoms with Crippen LogP contribution in [0.1, 0.15) is 25.3 Å². The van der Waals surface area contributed by atoms with Crippen LogP contribution >= 0.6 is 0 Å². The number of hydrogen-bond donors (Lipinski definition) is 2. The van der Waals surface area contributed by atoms with E-state index in [1.54, 1.807) is 17.3 Å². The molecule has 1 aromatic rings. The van der Waals surface area contributed by atoms with Gasteiger partial charge in [0, 0.05) is 18.8 Å². The lowest BCUT2D eigenvalue weighted by Gasteiger charge is -2.36. The molecule has 2 unspecified atom stereocenters. The molecule has 108 valence electrons. The van der Waals surface area contributed by atoms with Crippen molar-refractivity contribution in [2.24, 2.45) is 5.92 Å². The Morgan fingerprint density at radius 1 is 1.45 bits per heavy atom. The van der Waals surface area contributed by atoms with Gasteiger partial charge in [-0.15, -0.1) is 0 Å². The molecular formula is C14H19N3O3. The monoisotopic (exact) mass is 277 g/mol. The Morgan fingerprint density at radius 2 is 2.20 bits per heavy atom. The molecule has 0 bridgehead atoms. The zero-order valence-electron chi connectivity index (χ0n) is 11.7. The summed E-state index contributed by atoms with van der Waals surface area (Å²) >= 11 is 0. The standard InChI is InChI=1S/C14H19N3O3/c1-9-5-12(8-15-7-9)16-14(20)17-4-3-11(13(18)19)6-10(17)2/h5,7-8,10-11H,3-4,6H2,1-2H3,(H,16,20)(H,18,19). The molecule has 1 aromatic heterocycles. The van der Waals surface area contributed by atoms with Crippen molar-refractivity contribution in [1.29, 1.82) is 0 Å². The third-order valence-electron chi connectivity index (χ3n) is 3.61. The number of carboxylic acids is 1. The van der Waals surface area contributed by atoms with Gasteiger partial charge in [0.05, 0.1) is 17.8 Å². The van der Waals surface area contributed by atoms with E-state index >= 15 is 0 Å². The zero-order chi connectivity index (χ0) is 14.7. The Hall–Kier alpha value is -2.11. The normalized spacial score (nSPS) is 22.4. The number of nitrogens with zero attached hydrogens (tertiary/aromatic N) is 2. The van der Waals surface area contributed by atoms with Crippen LogP contribution in [0.2, 0.25) is 0 Å². The number of anilines is 1. The predicted octanol–water partition coefficient (Wildman–Crippen LogP) is 2.11. The number of carboxylic acid groups (broad SMARTS) is 1. The highest BCUT2D eigenvalue weighted by molar-refractivity contribution is 5.89. The molecule has 0 aliphatic carbocycles. The average Bonchev–Trinajstić information content (AvgIpc) is 2.38. The minimum Gasteiger partial charge on any atom is -0.481 e. The molecule has 1 aliphatic heterocycles. The summed E-state index contributed by atoms with van der Waals surface area (Å²) in [6, 6.07) is 1.57. The van der Waals surface area contributed by atoms with Crippen LogP contribution in [-0.2, 0) is 4.79 Å². The summed E-state index contributed by atoms with van der Waals surface area (Å²) in [6.45, 7) is 4.25. The van der Waals surface area contributed by atoms with Gasteiger partial charge in [0.2, 0.25) is 0 Å². The first kappa shape index (κ1) is 14.3. The molecule has 6 heteroatoms. The minimum absolute atomic E-state index is 0.0809. The number of hydrogen-bond acceptors (Lipinski definition) is 3. The van der Waals surface area contributed by atoms with Crippen molar-refractivity contribution in [3.63, 3.8) is 0 Å². The van der Waals surface area contributed by atoms with Gasteiger partial charge in [-0.25, -0.2) is 4.79 Å². The molecular weight excluding hydrogens is 258 g/mol. The molecule has 2 heterocycles. The summed E-state index contributed by atoms with van der Waals surface area (Å²) in [5.41, 5.74) is 1.63.